The first-order chi connectivity index (χ1) is 10.4. The van der Waals surface area contributed by atoms with E-state index in [1.54, 1.807) is 16.7 Å². The number of rotatable bonds is 0. The van der Waals surface area contributed by atoms with Gasteiger partial charge >= 0.3 is 0 Å². The molecule has 0 spiro atoms. The first-order valence-electron chi connectivity index (χ1n) is 7.65. The standard InChI is InChI=1S/C20H16S/c1-2-7-15-12-19-18(11-14(15)6-1)17-10-9-13-5-3-4-8-16(13)20(17)21-19/h1-10,18-19H,11-12H2. The first-order valence-corrected chi connectivity index (χ1v) is 8.53. The van der Waals surface area contributed by atoms with Crippen LogP contribution in [0.4, 0.5) is 0 Å². The molecule has 5 rings (SSSR count). The van der Waals surface area contributed by atoms with Crippen LogP contribution in [0.5, 0.6) is 0 Å². The van der Waals surface area contributed by atoms with Gasteiger partial charge in [-0.15, -0.1) is 11.8 Å². The molecule has 2 aliphatic rings. The molecule has 0 saturated carbocycles. The second-order valence-electron chi connectivity index (χ2n) is 6.14. The van der Waals surface area contributed by atoms with Crippen molar-refractivity contribution in [3.63, 3.8) is 0 Å². The van der Waals surface area contributed by atoms with E-state index in [9.17, 15) is 0 Å². The second-order valence-corrected chi connectivity index (χ2v) is 7.39. The van der Waals surface area contributed by atoms with Crippen LogP contribution in [-0.4, -0.2) is 5.25 Å². The van der Waals surface area contributed by atoms with Gasteiger partial charge in [0.05, 0.1) is 0 Å². The molecule has 3 aromatic carbocycles. The molecule has 0 fully saturated rings. The van der Waals surface area contributed by atoms with Gasteiger partial charge in [0.25, 0.3) is 0 Å². The number of hydrogen-bond acceptors (Lipinski definition) is 1. The molecule has 0 saturated heterocycles. The minimum absolute atomic E-state index is 0.699. The fourth-order valence-electron chi connectivity index (χ4n) is 3.95. The number of thioether (sulfide) groups is 1. The summed E-state index contributed by atoms with van der Waals surface area (Å²) in [5.74, 6) is 0.699. The average Bonchev–Trinajstić information content (AvgIpc) is 2.90. The summed E-state index contributed by atoms with van der Waals surface area (Å²) in [7, 11) is 0. The van der Waals surface area contributed by atoms with Gasteiger partial charge in [0, 0.05) is 16.1 Å². The lowest BCUT2D eigenvalue weighted by atomic mass is 9.80. The van der Waals surface area contributed by atoms with Crippen LogP contribution in [0, 0.1) is 0 Å². The van der Waals surface area contributed by atoms with Crippen LogP contribution >= 0.6 is 11.8 Å². The van der Waals surface area contributed by atoms with Crippen molar-refractivity contribution in [2.45, 2.75) is 28.9 Å². The van der Waals surface area contributed by atoms with E-state index in [0.29, 0.717) is 5.92 Å². The van der Waals surface area contributed by atoms with Crippen molar-refractivity contribution in [3.8, 4) is 0 Å². The zero-order valence-electron chi connectivity index (χ0n) is 11.8. The van der Waals surface area contributed by atoms with Crippen molar-refractivity contribution >= 4 is 22.5 Å². The lowest BCUT2D eigenvalue weighted by molar-refractivity contribution is 0.609. The maximum absolute atomic E-state index is 2.38. The highest BCUT2D eigenvalue weighted by molar-refractivity contribution is 8.00. The van der Waals surface area contributed by atoms with Gasteiger partial charge in [0.15, 0.2) is 0 Å². The van der Waals surface area contributed by atoms with E-state index in [1.165, 1.54) is 28.5 Å². The van der Waals surface area contributed by atoms with Crippen LogP contribution in [-0.2, 0) is 12.8 Å². The van der Waals surface area contributed by atoms with E-state index >= 15 is 0 Å². The Bertz CT molecular complexity index is 849. The molecule has 3 aromatic rings. The monoisotopic (exact) mass is 288 g/mol. The number of hydrogen-bond donors (Lipinski definition) is 0. The van der Waals surface area contributed by atoms with E-state index in [4.69, 9.17) is 0 Å². The fraction of sp³-hybridized carbons (Fsp3) is 0.200. The third kappa shape index (κ3) is 1.70. The van der Waals surface area contributed by atoms with Gasteiger partial charge in [-0.3, -0.25) is 0 Å². The highest BCUT2D eigenvalue weighted by Gasteiger charge is 2.37. The smallest absolute Gasteiger partial charge is 0.0207 e. The van der Waals surface area contributed by atoms with Crippen molar-refractivity contribution < 1.29 is 0 Å². The molecule has 2 atom stereocenters. The normalized spacial score (nSPS) is 22.7. The van der Waals surface area contributed by atoms with Gasteiger partial charge in [0.2, 0.25) is 0 Å². The molecule has 1 heteroatoms. The summed E-state index contributed by atoms with van der Waals surface area (Å²) < 4.78 is 0. The molecule has 1 aliphatic heterocycles. The molecule has 1 heterocycles. The van der Waals surface area contributed by atoms with Gasteiger partial charge in [-0.05, 0) is 40.3 Å². The minimum atomic E-state index is 0.699. The van der Waals surface area contributed by atoms with Gasteiger partial charge in [-0.2, -0.15) is 0 Å². The summed E-state index contributed by atoms with van der Waals surface area (Å²) in [6.45, 7) is 0. The fourth-order valence-corrected chi connectivity index (χ4v) is 5.59. The lowest BCUT2D eigenvalue weighted by Crippen LogP contribution is -2.22. The topological polar surface area (TPSA) is 0 Å². The summed E-state index contributed by atoms with van der Waals surface area (Å²) in [5, 5.41) is 3.54. The Kier molecular flexibility index (Phi) is 2.48. The first kappa shape index (κ1) is 11.9. The van der Waals surface area contributed by atoms with E-state index in [1.807, 2.05) is 0 Å². The van der Waals surface area contributed by atoms with Crippen molar-refractivity contribution in [1.82, 2.24) is 0 Å². The molecule has 0 radical (unpaired) electrons. The predicted molar refractivity (Wildman–Crippen MR) is 90.2 cm³/mol. The zero-order valence-corrected chi connectivity index (χ0v) is 12.6. The van der Waals surface area contributed by atoms with E-state index < -0.39 is 0 Å². The molecular formula is C20H16S. The Labute approximate surface area is 129 Å². The molecule has 0 N–H and O–H groups in total. The summed E-state index contributed by atoms with van der Waals surface area (Å²) in [5.41, 5.74) is 4.70. The van der Waals surface area contributed by atoms with Crippen LogP contribution in [0.25, 0.3) is 10.8 Å². The Hall–Kier alpha value is -1.73. The maximum atomic E-state index is 2.38. The van der Waals surface area contributed by atoms with Crippen molar-refractivity contribution in [2.24, 2.45) is 0 Å². The van der Waals surface area contributed by atoms with Crippen molar-refractivity contribution in [3.05, 3.63) is 77.4 Å². The number of benzene rings is 3. The molecule has 1 aliphatic carbocycles. The molecule has 102 valence electrons. The predicted octanol–water partition coefficient (Wildman–Crippen LogP) is 5.20. The van der Waals surface area contributed by atoms with Crippen LogP contribution in [0.3, 0.4) is 0 Å². The third-order valence-corrected chi connectivity index (χ3v) is 6.50. The second kappa shape index (κ2) is 4.38. The molecule has 2 unspecified atom stereocenters. The molecule has 0 bridgehead atoms. The third-order valence-electron chi connectivity index (χ3n) is 5.01. The highest BCUT2D eigenvalue weighted by Crippen LogP contribution is 2.52. The van der Waals surface area contributed by atoms with Crippen LogP contribution in [0.15, 0.2) is 65.6 Å². The molecule has 0 nitrogen and oxygen atoms in total. The van der Waals surface area contributed by atoms with E-state index in [-0.39, 0.29) is 0 Å². The minimum Gasteiger partial charge on any atom is -0.121 e. The summed E-state index contributed by atoms with van der Waals surface area (Å²) in [6.07, 6.45) is 2.42. The maximum Gasteiger partial charge on any atom is 0.0207 e. The lowest BCUT2D eigenvalue weighted by Gasteiger charge is -2.27. The molecule has 0 amide bonds. The van der Waals surface area contributed by atoms with Gasteiger partial charge in [-0.1, -0.05) is 60.7 Å². The Morgan fingerprint density at radius 2 is 1.52 bits per heavy atom. The highest BCUT2D eigenvalue weighted by atomic mass is 32.2. The summed E-state index contributed by atoms with van der Waals surface area (Å²) in [6, 6.07) is 22.5. The van der Waals surface area contributed by atoms with Gasteiger partial charge in [-0.25, -0.2) is 0 Å². The quantitative estimate of drug-likeness (QED) is 0.548. The van der Waals surface area contributed by atoms with E-state index in [0.717, 1.165) is 5.25 Å². The Balaban J connectivity index is 1.67. The Morgan fingerprint density at radius 3 is 2.43 bits per heavy atom. The summed E-state index contributed by atoms with van der Waals surface area (Å²) in [4.78, 5) is 1.54. The van der Waals surface area contributed by atoms with Gasteiger partial charge < -0.3 is 0 Å². The average molecular weight is 288 g/mol. The summed E-state index contributed by atoms with van der Waals surface area (Å²) >= 11 is 2.11. The number of fused-ring (bicyclic) bond motifs is 6. The van der Waals surface area contributed by atoms with E-state index in [2.05, 4.69) is 72.4 Å². The zero-order chi connectivity index (χ0) is 13.8. The van der Waals surface area contributed by atoms with Crippen molar-refractivity contribution in [2.75, 3.05) is 0 Å². The molecular weight excluding hydrogens is 272 g/mol. The molecule has 21 heavy (non-hydrogen) atoms. The van der Waals surface area contributed by atoms with Crippen LogP contribution < -0.4 is 0 Å². The Morgan fingerprint density at radius 1 is 0.762 bits per heavy atom. The SMILES string of the molecule is c1ccc2c(c1)CC1Sc3c(ccc4ccccc34)C1C2. The van der Waals surface area contributed by atoms with Gasteiger partial charge in [0.1, 0.15) is 0 Å². The van der Waals surface area contributed by atoms with Crippen LogP contribution in [0.2, 0.25) is 0 Å². The largest absolute Gasteiger partial charge is 0.121 e. The van der Waals surface area contributed by atoms with Crippen molar-refractivity contribution in [1.29, 1.82) is 0 Å². The van der Waals surface area contributed by atoms with Crippen LogP contribution in [0.1, 0.15) is 22.6 Å². The molecule has 0 aromatic heterocycles.